The Hall–Kier alpha value is -2.96. The highest BCUT2D eigenvalue weighted by Gasteiger charge is 2.14. The molecule has 7 heteroatoms. The lowest BCUT2D eigenvalue weighted by molar-refractivity contribution is -0.132. The Bertz CT molecular complexity index is 983. The number of halogens is 1. The van der Waals surface area contributed by atoms with Gasteiger partial charge < -0.3 is 10.4 Å². The standard InChI is InChI=1S/C19H13ClN2O3S/c20-15-6-2-1-5-14(15)17-8-7-13(26-17)10-16(19(24)25)22-18(23)12-4-3-9-21-11-12/h1-11H,(H,22,23)(H,24,25). The summed E-state index contributed by atoms with van der Waals surface area (Å²) >= 11 is 7.58. The summed E-state index contributed by atoms with van der Waals surface area (Å²) < 4.78 is 0. The second-order valence-corrected chi connectivity index (χ2v) is 6.76. The molecule has 2 N–H and O–H groups in total. The first-order valence-electron chi connectivity index (χ1n) is 7.55. The summed E-state index contributed by atoms with van der Waals surface area (Å²) in [5.41, 5.74) is 0.934. The van der Waals surface area contributed by atoms with Crippen LogP contribution >= 0.6 is 22.9 Å². The molecule has 2 heterocycles. The van der Waals surface area contributed by atoms with Gasteiger partial charge >= 0.3 is 5.97 Å². The van der Waals surface area contributed by atoms with Gasteiger partial charge in [-0.2, -0.15) is 0 Å². The summed E-state index contributed by atoms with van der Waals surface area (Å²) in [6, 6.07) is 14.2. The lowest BCUT2D eigenvalue weighted by Crippen LogP contribution is -2.27. The van der Waals surface area contributed by atoms with Gasteiger partial charge in [-0.25, -0.2) is 4.79 Å². The molecular weight excluding hydrogens is 372 g/mol. The minimum Gasteiger partial charge on any atom is -0.477 e. The van der Waals surface area contributed by atoms with Crippen molar-refractivity contribution in [1.82, 2.24) is 10.3 Å². The van der Waals surface area contributed by atoms with Crippen LogP contribution in [-0.4, -0.2) is 22.0 Å². The summed E-state index contributed by atoms with van der Waals surface area (Å²) in [5.74, 6) is -1.76. The summed E-state index contributed by atoms with van der Waals surface area (Å²) in [4.78, 5) is 29.1. The van der Waals surface area contributed by atoms with Crippen LogP contribution in [0.25, 0.3) is 16.5 Å². The normalized spacial score (nSPS) is 11.2. The lowest BCUT2D eigenvalue weighted by atomic mass is 10.2. The highest BCUT2D eigenvalue weighted by atomic mass is 35.5. The van der Waals surface area contributed by atoms with E-state index in [4.69, 9.17) is 11.6 Å². The van der Waals surface area contributed by atoms with E-state index in [9.17, 15) is 14.7 Å². The average molecular weight is 385 g/mol. The number of carbonyl (C=O) groups is 2. The van der Waals surface area contributed by atoms with Crippen LogP contribution in [0.2, 0.25) is 5.02 Å². The van der Waals surface area contributed by atoms with Gasteiger partial charge in [0.2, 0.25) is 0 Å². The predicted octanol–water partition coefficient (Wildman–Crippen LogP) is 4.32. The number of amides is 1. The van der Waals surface area contributed by atoms with E-state index in [1.807, 2.05) is 24.3 Å². The van der Waals surface area contributed by atoms with Crippen molar-refractivity contribution in [2.45, 2.75) is 0 Å². The van der Waals surface area contributed by atoms with Gasteiger partial charge in [0.05, 0.1) is 5.56 Å². The zero-order chi connectivity index (χ0) is 18.5. The molecule has 0 saturated heterocycles. The maximum Gasteiger partial charge on any atom is 0.352 e. The van der Waals surface area contributed by atoms with E-state index in [0.717, 1.165) is 10.4 Å². The number of aliphatic carboxylic acids is 1. The number of carboxylic acid groups (broad SMARTS) is 1. The molecular formula is C19H13ClN2O3S. The number of hydrogen-bond donors (Lipinski definition) is 2. The van der Waals surface area contributed by atoms with E-state index in [-0.39, 0.29) is 11.3 Å². The van der Waals surface area contributed by atoms with Gasteiger partial charge in [0.15, 0.2) is 0 Å². The molecule has 130 valence electrons. The first-order chi connectivity index (χ1) is 12.5. The van der Waals surface area contributed by atoms with Crippen LogP contribution in [0.15, 0.2) is 66.6 Å². The van der Waals surface area contributed by atoms with E-state index in [2.05, 4.69) is 10.3 Å². The molecule has 1 aromatic carbocycles. The minimum absolute atomic E-state index is 0.216. The third-order valence-electron chi connectivity index (χ3n) is 3.46. The first-order valence-corrected chi connectivity index (χ1v) is 8.75. The number of carbonyl (C=O) groups excluding carboxylic acids is 1. The molecule has 0 aliphatic carbocycles. The molecule has 0 atom stereocenters. The van der Waals surface area contributed by atoms with E-state index < -0.39 is 11.9 Å². The van der Waals surface area contributed by atoms with Gasteiger partial charge in [-0.1, -0.05) is 29.8 Å². The van der Waals surface area contributed by atoms with Crippen molar-refractivity contribution in [2.24, 2.45) is 0 Å². The third kappa shape index (κ3) is 4.17. The molecule has 0 saturated carbocycles. The highest BCUT2D eigenvalue weighted by Crippen LogP contribution is 2.33. The maximum atomic E-state index is 12.2. The molecule has 0 spiro atoms. The number of thiophene rings is 1. The van der Waals surface area contributed by atoms with Gasteiger partial charge in [-0.3, -0.25) is 9.78 Å². The van der Waals surface area contributed by atoms with Crippen molar-refractivity contribution < 1.29 is 14.7 Å². The molecule has 26 heavy (non-hydrogen) atoms. The second kappa shape index (κ2) is 7.95. The molecule has 3 aromatic rings. The molecule has 3 rings (SSSR count). The van der Waals surface area contributed by atoms with Gasteiger partial charge in [0.25, 0.3) is 5.91 Å². The van der Waals surface area contributed by atoms with E-state index in [1.165, 1.54) is 29.8 Å². The van der Waals surface area contributed by atoms with Crippen LogP contribution < -0.4 is 5.32 Å². The molecule has 0 radical (unpaired) electrons. The van der Waals surface area contributed by atoms with Crippen LogP contribution in [0.1, 0.15) is 15.2 Å². The van der Waals surface area contributed by atoms with Crippen LogP contribution in [0.3, 0.4) is 0 Å². The number of hydrogen-bond acceptors (Lipinski definition) is 4. The zero-order valence-electron chi connectivity index (χ0n) is 13.3. The molecule has 0 bridgehead atoms. The topological polar surface area (TPSA) is 79.3 Å². The van der Waals surface area contributed by atoms with E-state index in [0.29, 0.717) is 9.90 Å². The van der Waals surface area contributed by atoms with Crippen LogP contribution in [0, 0.1) is 0 Å². The average Bonchev–Trinajstić information content (AvgIpc) is 3.10. The number of benzene rings is 1. The van der Waals surface area contributed by atoms with E-state index in [1.54, 1.807) is 24.3 Å². The molecule has 0 aliphatic rings. The number of nitrogens with zero attached hydrogens (tertiary/aromatic N) is 1. The first kappa shape index (κ1) is 17.8. The Balaban J connectivity index is 1.85. The molecule has 1 amide bonds. The van der Waals surface area contributed by atoms with Gasteiger partial charge in [-0.05, 0) is 36.4 Å². The van der Waals surface area contributed by atoms with Crippen molar-refractivity contribution in [2.75, 3.05) is 0 Å². The lowest BCUT2D eigenvalue weighted by Gasteiger charge is -2.05. The number of carboxylic acids is 1. The number of pyridine rings is 1. The monoisotopic (exact) mass is 384 g/mol. The van der Waals surface area contributed by atoms with Crippen LogP contribution in [-0.2, 0) is 4.79 Å². The van der Waals surface area contributed by atoms with Crippen molar-refractivity contribution >= 4 is 40.9 Å². The summed E-state index contributed by atoms with van der Waals surface area (Å²) in [6.45, 7) is 0. The molecule has 0 aliphatic heterocycles. The number of rotatable bonds is 5. The van der Waals surface area contributed by atoms with Crippen LogP contribution in [0.5, 0.6) is 0 Å². The number of aromatic nitrogens is 1. The van der Waals surface area contributed by atoms with Gasteiger partial charge in [0, 0.05) is 32.7 Å². The summed E-state index contributed by atoms with van der Waals surface area (Å²) in [6.07, 6.45) is 4.32. The smallest absolute Gasteiger partial charge is 0.352 e. The van der Waals surface area contributed by atoms with Gasteiger partial charge in [-0.15, -0.1) is 11.3 Å². The zero-order valence-corrected chi connectivity index (χ0v) is 14.9. The SMILES string of the molecule is O=C(O)C(=Cc1ccc(-c2ccccc2Cl)s1)NC(=O)c1cccnc1. The van der Waals surface area contributed by atoms with Crippen molar-refractivity contribution in [1.29, 1.82) is 0 Å². The molecule has 0 fully saturated rings. The second-order valence-electron chi connectivity index (χ2n) is 5.24. The van der Waals surface area contributed by atoms with Crippen LogP contribution in [0.4, 0.5) is 0 Å². The van der Waals surface area contributed by atoms with E-state index >= 15 is 0 Å². The van der Waals surface area contributed by atoms with Crippen molar-refractivity contribution in [3.63, 3.8) is 0 Å². The highest BCUT2D eigenvalue weighted by molar-refractivity contribution is 7.16. The number of nitrogens with one attached hydrogen (secondary N) is 1. The van der Waals surface area contributed by atoms with Gasteiger partial charge in [0.1, 0.15) is 5.70 Å². The fourth-order valence-electron chi connectivity index (χ4n) is 2.22. The summed E-state index contributed by atoms with van der Waals surface area (Å²) in [5, 5.41) is 12.4. The Kier molecular flexibility index (Phi) is 5.46. The largest absolute Gasteiger partial charge is 0.477 e. The Labute approximate surface area is 158 Å². The third-order valence-corrected chi connectivity index (χ3v) is 4.85. The quantitative estimate of drug-likeness (QED) is 0.642. The molecule has 5 nitrogen and oxygen atoms in total. The molecule has 0 unspecified atom stereocenters. The Morgan fingerprint density at radius 3 is 2.62 bits per heavy atom. The fraction of sp³-hybridized carbons (Fsp3) is 0. The fourth-order valence-corrected chi connectivity index (χ4v) is 3.51. The Morgan fingerprint density at radius 2 is 1.92 bits per heavy atom. The minimum atomic E-state index is -1.23. The molecule has 2 aromatic heterocycles. The van der Waals surface area contributed by atoms with Crippen molar-refractivity contribution in [3.8, 4) is 10.4 Å². The van der Waals surface area contributed by atoms with Crippen molar-refractivity contribution in [3.05, 3.63) is 82.1 Å². The predicted molar refractivity (Wildman–Crippen MR) is 102 cm³/mol. The summed E-state index contributed by atoms with van der Waals surface area (Å²) in [7, 11) is 0. The Morgan fingerprint density at radius 1 is 1.12 bits per heavy atom. The maximum absolute atomic E-state index is 12.2.